The molecule has 0 aliphatic rings. The highest BCUT2D eigenvalue weighted by Gasteiger charge is 2.13. The molecule has 0 fully saturated rings. The van der Waals surface area contributed by atoms with Crippen LogP contribution in [0, 0.1) is 0 Å². The second-order valence-corrected chi connectivity index (χ2v) is 8.15. The predicted molar refractivity (Wildman–Crippen MR) is 130 cm³/mol. The predicted octanol–water partition coefficient (Wildman–Crippen LogP) is 3.93. The highest BCUT2D eigenvalue weighted by molar-refractivity contribution is 7.99. The van der Waals surface area contributed by atoms with Crippen LogP contribution in [0.3, 0.4) is 0 Å². The maximum absolute atomic E-state index is 12.4. The fourth-order valence-corrected chi connectivity index (χ4v) is 3.72. The second-order valence-electron chi connectivity index (χ2n) is 6.80. The van der Waals surface area contributed by atoms with Gasteiger partial charge in [-0.1, -0.05) is 53.7 Å². The molecule has 2 aromatic carbocycles. The minimum absolute atomic E-state index is 0.152. The minimum atomic E-state index is -0.278. The molecule has 0 bridgehead atoms. The third-order valence-electron chi connectivity index (χ3n) is 4.46. The number of hydrogen-bond donors (Lipinski definition) is 2. The summed E-state index contributed by atoms with van der Waals surface area (Å²) in [6.07, 6.45) is 3.07. The molecule has 0 saturated heterocycles. The number of thioether (sulfide) groups is 1. The van der Waals surface area contributed by atoms with E-state index >= 15 is 0 Å². The number of nitrogens with one attached hydrogen (secondary N) is 2. The fraction of sp³-hybridized carbons (Fsp3) is 0.217. The highest BCUT2D eigenvalue weighted by Crippen LogP contribution is 2.24. The average molecular weight is 486 g/mol. The quantitative estimate of drug-likeness (QED) is 0.333. The lowest BCUT2D eigenvalue weighted by Crippen LogP contribution is -2.22. The van der Waals surface area contributed by atoms with Gasteiger partial charge in [0.05, 0.1) is 24.6 Å². The van der Waals surface area contributed by atoms with Crippen LogP contribution in [0.5, 0.6) is 5.75 Å². The summed E-state index contributed by atoms with van der Waals surface area (Å²) in [5, 5.41) is 15.0. The standard InChI is InChI=1S/C23H24ClN5O3S/c1-3-32-19-11-7-6-10-18(19)26-22(31)15-33-23-28-27-20(29(23)2)14-25-21(30)13-12-16-8-4-5-9-17(16)24/h4-13H,3,14-15H2,1-2H3,(H,25,30)(H,26,31)/b13-12+. The first kappa shape index (κ1) is 24.3. The van der Waals surface area contributed by atoms with E-state index in [0.717, 1.165) is 5.56 Å². The zero-order valence-electron chi connectivity index (χ0n) is 18.2. The van der Waals surface area contributed by atoms with Crippen molar-refractivity contribution < 1.29 is 14.3 Å². The van der Waals surface area contributed by atoms with E-state index in [1.54, 1.807) is 35.9 Å². The van der Waals surface area contributed by atoms with E-state index in [0.29, 0.717) is 34.0 Å². The molecule has 33 heavy (non-hydrogen) atoms. The number of aromatic nitrogens is 3. The Morgan fingerprint density at radius 1 is 1.15 bits per heavy atom. The van der Waals surface area contributed by atoms with E-state index in [4.69, 9.17) is 16.3 Å². The van der Waals surface area contributed by atoms with Crippen molar-refractivity contribution in [3.63, 3.8) is 0 Å². The third kappa shape index (κ3) is 7.10. The molecule has 0 spiro atoms. The summed E-state index contributed by atoms with van der Waals surface area (Å²) in [6.45, 7) is 2.59. The number of amides is 2. The molecular weight excluding hydrogens is 462 g/mol. The number of halogens is 1. The number of hydrogen-bond acceptors (Lipinski definition) is 6. The normalized spacial score (nSPS) is 10.9. The van der Waals surface area contributed by atoms with Crippen molar-refractivity contribution in [2.45, 2.75) is 18.6 Å². The summed E-state index contributed by atoms with van der Waals surface area (Å²) in [4.78, 5) is 24.5. The van der Waals surface area contributed by atoms with Crippen molar-refractivity contribution in [1.82, 2.24) is 20.1 Å². The van der Waals surface area contributed by atoms with Crippen LogP contribution in [-0.2, 0) is 23.2 Å². The van der Waals surface area contributed by atoms with Gasteiger partial charge in [0, 0.05) is 18.1 Å². The Kier molecular flexibility index (Phi) is 8.91. The highest BCUT2D eigenvalue weighted by atomic mass is 35.5. The molecule has 3 rings (SSSR count). The van der Waals surface area contributed by atoms with Crippen molar-refractivity contribution in [3.05, 3.63) is 71.0 Å². The van der Waals surface area contributed by atoms with E-state index < -0.39 is 0 Å². The Bertz CT molecular complexity index is 1150. The molecule has 8 nitrogen and oxygen atoms in total. The van der Waals surface area contributed by atoms with Crippen LogP contribution >= 0.6 is 23.4 Å². The first-order chi connectivity index (χ1) is 16.0. The zero-order valence-corrected chi connectivity index (χ0v) is 19.8. The first-order valence-corrected chi connectivity index (χ1v) is 11.6. The van der Waals surface area contributed by atoms with Gasteiger partial charge >= 0.3 is 0 Å². The van der Waals surface area contributed by atoms with Crippen molar-refractivity contribution in [2.75, 3.05) is 17.7 Å². The van der Waals surface area contributed by atoms with Gasteiger partial charge in [0.1, 0.15) is 5.75 Å². The van der Waals surface area contributed by atoms with Gasteiger partial charge in [0.15, 0.2) is 11.0 Å². The van der Waals surface area contributed by atoms with Gasteiger partial charge in [-0.25, -0.2) is 0 Å². The summed E-state index contributed by atoms with van der Waals surface area (Å²) in [5.74, 6) is 0.881. The zero-order chi connectivity index (χ0) is 23.6. The van der Waals surface area contributed by atoms with Crippen LogP contribution in [0.1, 0.15) is 18.3 Å². The number of anilines is 1. The Morgan fingerprint density at radius 2 is 1.91 bits per heavy atom. The van der Waals surface area contributed by atoms with Gasteiger partial charge in [-0.15, -0.1) is 10.2 Å². The molecule has 1 heterocycles. The Morgan fingerprint density at radius 3 is 2.70 bits per heavy atom. The number of nitrogens with zero attached hydrogens (tertiary/aromatic N) is 3. The Balaban J connectivity index is 1.50. The van der Waals surface area contributed by atoms with Gasteiger partial charge in [-0.2, -0.15) is 0 Å². The van der Waals surface area contributed by atoms with Gasteiger partial charge in [0.2, 0.25) is 11.8 Å². The number of benzene rings is 2. The molecule has 0 atom stereocenters. The van der Waals surface area contributed by atoms with E-state index in [2.05, 4.69) is 20.8 Å². The summed E-state index contributed by atoms with van der Waals surface area (Å²) < 4.78 is 7.26. The summed E-state index contributed by atoms with van der Waals surface area (Å²) in [5.41, 5.74) is 1.38. The monoisotopic (exact) mass is 485 g/mol. The summed E-state index contributed by atoms with van der Waals surface area (Å²) >= 11 is 7.33. The Hall–Kier alpha value is -3.30. The van der Waals surface area contributed by atoms with Crippen LogP contribution < -0.4 is 15.4 Å². The third-order valence-corrected chi connectivity index (χ3v) is 5.82. The number of carbonyl (C=O) groups is 2. The maximum Gasteiger partial charge on any atom is 0.244 e. The number of rotatable bonds is 10. The van der Waals surface area contributed by atoms with Crippen LogP contribution in [0.4, 0.5) is 5.69 Å². The van der Waals surface area contributed by atoms with E-state index in [1.165, 1.54) is 17.8 Å². The van der Waals surface area contributed by atoms with Crippen molar-refractivity contribution in [3.8, 4) is 5.75 Å². The fourth-order valence-electron chi connectivity index (χ4n) is 2.79. The average Bonchev–Trinajstić information content (AvgIpc) is 3.16. The molecule has 2 N–H and O–H groups in total. The lowest BCUT2D eigenvalue weighted by atomic mass is 10.2. The molecule has 1 aromatic heterocycles. The van der Waals surface area contributed by atoms with Crippen LogP contribution in [0.15, 0.2) is 59.8 Å². The molecule has 3 aromatic rings. The Labute approximate surface area is 201 Å². The molecule has 0 saturated carbocycles. The van der Waals surface area contributed by atoms with Crippen LogP contribution in [0.25, 0.3) is 6.08 Å². The van der Waals surface area contributed by atoms with Crippen molar-refractivity contribution >= 4 is 46.9 Å². The van der Waals surface area contributed by atoms with E-state index in [-0.39, 0.29) is 24.1 Å². The molecule has 0 unspecified atom stereocenters. The van der Waals surface area contributed by atoms with Crippen LogP contribution in [0.2, 0.25) is 5.02 Å². The van der Waals surface area contributed by atoms with Gasteiger partial charge < -0.3 is 19.9 Å². The lowest BCUT2D eigenvalue weighted by molar-refractivity contribution is -0.116. The van der Waals surface area contributed by atoms with Gasteiger partial charge in [-0.05, 0) is 36.8 Å². The molecule has 172 valence electrons. The maximum atomic E-state index is 12.4. The second kappa shape index (κ2) is 12.1. The number of para-hydroxylation sites is 2. The minimum Gasteiger partial charge on any atom is -0.492 e. The van der Waals surface area contributed by atoms with Crippen molar-refractivity contribution in [2.24, 2.45) is 7.05 Å². The largest absolute Gasteiger partial charge is 0.492 e. The van der Waals surface area contributed by atoms with E-state index in [9.17, 15) is 9.59 Å². The molecule has 2 amide bonds. The van der Waals surface area contributed by atoms with E-state index in [1.807, 2.05) is 37.3 Å². The van der Waals surface area contributed by atoms with Crippen LogP contribution in [-0.4, -0.2) is 38.9 Å². The number of ether oxygens (including phenoxy) is 1. The topological polar surface area (TPSA) is 98.1 Å². The molecule has 10 heteroatoms. The van der Waals surface area contributed by atoms with Gasteiger partial charge in [0.25, 0.3) is 0 Å². The smallest absolute Gasteiger partial charge is 0.244 e. The van der Waals surface area contributed by atoms with Crippen molar-refractivity contribution in [1.29, 1.82) is 0 Å². The van der Waals surface area contributed by atoms with Gasteiger partial charge in [-0.3, -0.25) is 9.59 Å². The number of carbonyl (C=O) groups excluding carboxylic acids is 2. The molecule has 0 aliphatic carbocycles. The first-order valence-electron chi connectivity index (χ1n) is 10.2. The molecule has 0 radical (unpaired) electrons. The molecular formula is C23H24ClN5O3S. The summed E-state index contributed by atoms with van der Waals surface area (Å²) in [6, 6.07) is 14.5. The SMILES string of the molecule is CCOc1ccccc1NC(=O)CSc1nnc(CNC(=O)/C=C/c2ccccc2Cl)n1C. The summed E-state index contributed by atoms with van der Waals surface area (Å²) in [7, 11) is 1.78. The lowest BCUT2D eigenvalue weighted by Gasteiger charge is -2.11. The molecule has 0 aliphatic heterocycles.